The Kier molecular flexibility index (Phi) is 3.93. The van der Waals surface area contributed by atoms with Crippen LogP contribution in [0.15, 0.2) is 45.1 Å². The topological polar surface area (TPSA) is 83.5 Å². The van der Waals surface area contributed by atoms with Crippen LogP contribution in [-0.4, -0.2) is 19.5 Å². The fourth-order valence-electron chi connectivity index (χ4n) is 1.30. The largest absolute Gasteiger partial charge is 0.477 e. The van der Waals surface area contributed by atoms with E-state index in [1.807, 2.05) is 0 Å². The Balaban J connectivity index is 2.26. The molecule has 19 heavy (non-hydrogen) atoms. The predicted octanol–water partition coefficient (Wildman–Crippen LogP) is 3.01. The van der Waals surface area contributed by atoms with Gasteiger partial charge in [-0.2, -0.15) is 0 Å². The Bertz CT molecular complexity index is 707. The highest BCUT2D eigenvalue weighted by atomic mass is 79.9. The van der Waals surface area contributed by atoms with Crippen LogP contribution >= 0.6 is 27.3 Å². The Labute approximate surface area is 122 Å². The number of carboxylic acids is 1. The van der Waals surface area contributed by atoms with E-state index in [1.165, 1.54) is 12.1 Å². The van der Waals surface area contributed by atoms with E-state index in [2.05, 4.69) is 20.7 Å². The highest BCUT2D eigenvalue weighted by Crippen LogP contribution is 2.24. The van der Waals surface area contributed by atoms with Crippen LogP contribution < -0.4 is 4.72 Å². The summed E-state index contributed by atoms with van der Waals surface area (Å²) < 4.78 is 27.2. The standard InChI is InChI=1S/C11H8BrNO4S2/c12-7-1-3-8(4-2-7)13-19(16,17)10-6-5-9(18-10)11(14)15/h1-6,13H,(H,14,15). The van der Waals surface area contributed by atoms with E-state index < -0.39 is 16.0 Å². The highest BCUT2D eigenvalue weighted by Gasteiger charge is 2.18. The molecular weight excluding hydrogens is 354 g/mol. The fourth-order valence-corrected chi connectivity index (χ4v) is 3.77. The van der Waals surface area contributed by atoms with Gasteiger partial charge in [-0.15, -0.1) is 11.3 Å². The lowest BCUT2D eigenvalue weighted by Crippen LogP contribution is -2.11. The normalized spacial score (nSPS) is 11.2. The number of benzene rings is 1. The third-order valence-electron chi connectivity index (χ3n) is 2.15. The molecule has 0 aliphatic rings. The summed E-state index contributed by atoms with van der Waals surface area (Å²) in [5.41, 5.74) is 0.411. The van der Waals surface area contributed by atoms with Gasteiger partial charge in [-0.25, -0.2) is 13.2 Å². The van der Waals surface area contributed by atoms with Crippen molar-refractivity contribution < 1.29 is 18.3 Å². The number of carboxylic acid groups (broad SMARTS) is 1. The summed E-state index contributed by atoms with van der Waals surface area (Å²) in [5.74, 6) is -1.14. The van der Waals surface area contributed by atoms with Crippen LogP contribution in [0, 0.1) is 0 Å². The smallest absolute Gasteiger partial charge is 0.345 e. The maximum absolute atomic E-state index is 12.0. The SMILES string of the molecule is O=C(O)c1ccc(S(=O)(=O)Nc2ccc(Br)cc2)s1. The van der Waals surface area contributed by atoms with Crippen LogP contribution in [0.2, 0.25) is 0 Å². The Morgan fingerprint density at radius 1 is 1.16 bits per heavy atom. The maximum Gasteiger partial charge on any atom is 0.345 e. The fraction of sp³-hybridized carbons (Fsp3) is 0. The molecule has 0 amide bonds. The van der Waals surface area contributed by atoms with Gasteiger partial charge < -0.3 is 5.11 Å². The molecule has 2 rings (SSSR count). The molecule has 0 atom stereocenters. The number of rotatable bonds is 4. The molecule has 0 bridgehead atoms. The monoisotopic (exact) mass is 361 g/mol. The average Bonchev–Trinajstić information content (AvgIpc) is 2.82. The molecule has 0 aliphatic carbocycles. The first-order valence-corrected chi connectivity index (χ1v) is 8.09. The van der Waals surface area contributed by atoms with Gasteiger partial charge in [-0.3, -0.25) is 4.72 Å². The van der Waals surface area contributed by atoms with Gasteiger partial charge >= 0.3 is 5.97 Å². The number of carbonyl (C=O) groups is 1. The van der Waals surface area contributed by atoms with Gasteiger partial charge in [-0.1, -0.05) is 15.9 Å². The molecule has 0 saturated carbocycles. The maximum atomic E-state index is 12.0. The molecule has 1 heterocycles. The van der Waals surface area contributed by atoms with E-state index >= 15 is 0 Å². The molecule has 0 spiro atoms. The number of halogens is 1. The zero-order valence-corrected chi connectivity index (χ0v) is 12.5. The first-order chi connectivity index (χ1) is 8.88. The number of hydrogen-bond acceptors (Lipinski definition) is 4. The lowest BCUT2D eigenvalue weighted by molar-refractivity contribution is 0.0702. The van der Waals surface area contributed by atoms with E-state index in [4.69, 9.17) is 5.11 Å². The van der Waals surface area contributed by atoms with Crippen LogP contribution in [0.5, 0.6) is 0 Å². The first-order valence-electron chi connectivity index (χ1n) is 5.00. The first kappa shape index (κ1) is 14.0. The van der Waals surface area contributed by atoms with Gasteiger partial charge in [0.1, 0.15) is 9.09 Å². The number of thiophene rings is 1. The summed E-state index contributed by atoms with van der Waals surface area (Å²) in [7, 11) is -3.75. The predicted molar refractivity (Wildman–Crippen MR) is 76.2 cm³/mol. The molecule has 0 aliphatic heterocycles. The number of sulfonamides is 1. The van der Waals surface area contributed by atoms with Gasteiger partial charge in [0, 0.05) is 10.2 Å². The summed E-state index contributed by atoms with van der Waals surface area (Å²) in [5, 5.41) is 8.77. The van der Waals surface area contributed by atoms with E-state index in [0.717, 1.165) is 4.47 Å². The third kappa shape index (κ3) is 3.34. The highest BCUT2D eigenvalue weighted by molar-refractivity contribution is 9.10. The number of nitrogens with one attached hydrogen (secondary N) is 1. The van der Waals surface area contributed by atoms with Gasteiger partial charge in [0.15, 0.2) is 0 Å². The van der Waals surface area contributed by atoms with Gasteiger partial charge in [0.2, 0.25) is 0 Å². The lowest BCUT2D eigenvalue weighted by Gasteiger charge is -2.05. The van der Waals surface area contributed by atoms with Crippen molar-refractivity contribution in [1.29, 1.82) is 0 Å². The van der Waals surface area contributed by atoms with E-state index in [-0.39, 0.29) is 9.09 Å². The molecule has 0 unspecified atom stereocenters. The van der Waals surface area contributed by atoms with E-state index in [0.29, 0.717) is 17.0 Å². The molecule has 0 saturated heterocycles. The molecule has 8 heteroatoms. The molecule has 1 aromatic carbocycles. The second-order valence-electron chi connectivity index (χ2n) is 3.54. The number of hydrogen-bond donors (Lipinski definition) is 2. The van der Waals surface area contributed by atoms with Crippen molar-refractivity contribution in [3.05, 3.63) is 45.7 Å². The van der Waals surface area contributed by atoms with Crippen molar-refractivity contribution in [3.8, 4) is 0 Å². The lowest BCUT2D eigenvalue weighted by atomic mass is 10.3. The Hall–Kier alpha value is -1.38. The van der Waals surface area contributed by atoms with Crippen LogP contribution in [-0.2, 0) is 10.0 Å². The molecule has 5 nitrogen and oxygen atoms in total. The molecule has 2 N–H and O–H groups in total. The molecule has 0 radical (unpaired) electrons. The zero-order chi connectivity index (χ0) is 14.0. The van der Waals surface area contributed by atoms with Crippen LogP contribution in [0.25, 0.3) is 0 Å². The van der Waals surface area contributed by atoms with E-state index in [9.17, 15) is 13.2 Å². The van der Waals surface area contributed by atoms with Gasteiger partial charge in [0.05, 0.1) is 0 Å². The summed E-state index contributed by atoms with van der Waals surface area (Å²) in [4.78, 5) is 10.7. The van der Waals surface area contributed by atoms with Crippen LogP contribution in [0.3, 0.4) is 0 Å². The number of aromatic carboxylic acids is 1. The minimum Gasteiger partial charge on any atom is -0.477 e. The summed E-state index contributed by atoms with van der Waals surface area (Å²) in [6.45, 7) is 0. The Morgan fingerprint density at radius 2 is 1.79 bits per heavy atom. The second-order valence-corrected chi connectivity index (χ2v) is 7.44. The van der Waals surface area contributed by atoms with E-state index in [1.54, 1.807) is 24.3 Å². The summed E-state index contributed by atoms with van der Waals surface area (Å²) in [6, 6.07) is 9.16. The zero-order valence-electron chi connectivity index (χ0n) is 9.33. The third-order valence-corrected chi connectivity index (χ3v) is 5.63. The van der Waals surface area contributed by atoms with Crippen LogP contribution in [0.4, 0.5) is 5.69 Å². The quantitative estimate of drug-likeness (QED) is 0.876. The molecule has 2 aromatic rings. The molecule has 1 aromatic heterocycles. The average molecular weight is 362 g/mol. The van der Waals surface area contributed by atoms with Crippen molar-refractivity contribution in [3.63, 3.8) is 0 Å². The van der Waals surface area contributed by atoms with Crippen molar-refractivity contribution in [1.82, 2.24) is 0 Å². The van der Waals surface area contributed by atoms with Crippen molar-refractivity contribution in [2.24, 2.45) is 0 Å². The van der Waals surface area contributed by atoms with Gasteiger partial charge in [0.25, 0.3) is 10.0 Å². The molecular formula is C11H8BrNO4S2. The number of anilines is 1. The molecule has 0 fully saturated rings. The van der Waals surface area contributed by atoms with Gasteiger partial charge in [-0.05, 0) is 36.4 Å². The second kappa shape index (κ2) is 5.32. The van der Waals surface area contributed by atoms with Crippen LogP contribution in [0.1, 0.15) is 9.67 Å². The minimum atomic E-state index is -3.75. The Morgan fingerprint density at radius 3 is 2.32 bits per heavy atom. The summed E-state index contributed by atoms with van der Waals surface area (Å²) in [6.07, 6.45) is 0. The minimum absolute atomic E-state index is 0.0174. The van der Waals surface area contributed by atoms with Crippen molar-refractivity contribution in [2.75, 3.05) is 4.72 Å². The summed E-state index contributed by atoms with van der Waals surface area (Å²) >= 11 is 3.96. The van der Waals surface area contributed by atoms with Crippen molar-refractivity contribution >= 4 is 48.9 Å². The van der Waals surface area contributed by atoms with Crippen molar-refractivity contribution in [2.45, 2.75) is 4.21 Å². The molecule has 100 valence electrons.